The number of hydrogen-bond acceptors (Lipinski definition) is 4. The molecule has 1 atom stereocenters. The van der Waals surface area contributed by atoms with Crippen LogP contribution in [-0.4, -0.2) is 17.2 Å². The summed E-state index contributed by atoms with van der Waals surface area (Å²) >= 11 is 0. The molecule has 1 aliphatic rings. The number of nitrogens with zero attached hydrogens (tertiary/aromatic N) is 1. The molecule has 1 aliphatic heterocycles. The Balaban J connectivity index is 2.51. The summed E-state index contributed by atoms with van der Waals surface area (Å²) in [5.74, 6) is 0.597. The highest BCUT2D eigenvalue weighted by Crippen LogP contribution is 2.10. The van der Waals surface area contributed by atoms with Crippen molar-refractivity contribution in [3.63, 3.8) is 0 Å². The van der Waals surface area contributed by atoms with Gasteiger partial charge in [-0.25, -0.2) is 10.4 Å². The van der Waals surface area contributed by atoms with Gasteiger partial charge in [-0.15, -0.1) is 0 Å². The lowest BCUT2D eigenvalue weighted by Gasteiger charge is -2.27. The van der Waals surface area contributed by atoms with Crippen LogP contribution in [0.3, 0.4) is 0 Å². The Hall–Kier alpha value is -0.160. The zero-order valence-corrected chi connectivity index (χ0v) is 7.68. The molecule has 0 aromatic rings. The molecule has 0 radical (unpaired) electrons. The first-order chi connectivity index (χ1) is 5.13. The van der Waals surface area contributed by atoms with Crippen LogP contribution in [-0.2, 0) is 0 Å². The van der Waals surface area contributed by atoms with E-state index >= 15 is 0 Å². The average Bonchev–Trinajstić information content (AvgIpc) is 2.32. The molecule has 0 saturated carbocycles. The lowest BCUT2D eigenvalue weighted by molar-refractivity contribution is 0.101. The van der Waals surface area contributed by atoms with Crippen molar-refractivity contribution in [1.29, 1.82) is 0 Å². The fraction of sp³-hybridized carbons (Fsp3) is 1.00. The van der Waals surface area contributed by atoms with E-state index in [0.29, 0.717) is 18.1 Å². The summed E-state index contributed by atoms with van der Waals surface area (Å²) in [5, 5.41) is 2.17. The molecule has 4 heteroatoms. The minimum atomic E-state index is 0.384. The monoisotopic (exact) mass is 158 g/mol. The minimum Gasteiger partial charge on any atom is -0.224 e. The fourth-order valence-corrected chi connectivity index (χ4v) is 1.25. The molecule has 1 heterocycles. The van der Waals surface area contributed by atoms with Crippen molar-refractivity contribution in [1.82, 2.24) is 21.5 Å². The molecular formula is C7H18N4. The highest BCUT2D eigenvalue weighted by atomic mass is 15.9. The first-order valence-electron chi connectivity index (χ1n) is 4.17. The van der Waals surface area contributed by atoms with E-state index in [4.69, 9.17) is 0 Å². The van der Waals surface area contributed by atoms with Gasteiger partial charge in [0, 0.05) is 6.04 Å². The Morgan fingerprint density at radius 3 is 2.18 bits per heavy atom. The van der Waals surface area contributed by atoms with E-state index in [1.54, 1.807) is 0 Å². The molecule has 0 aromatic heterocycles. The number of nitrogens with one attached hydrogen (secondary N) is 3. The average molecular weight is 158 g/mol. The van der Waals surface area contributed by atoms with E-state index < -0.39 is 0 Å². The largest absolute Gasteiger partial charge is 0.224 e. The molecule has 1 saturated heterocycles. The maximum Gasteiger partial charge on any atom is 0.0913 e. The Morgan fingerprint density at radius 1 is 1.18 bits per heavy atom. The summed E-state index contributed by atoms with van der Waals surface area (Å²) in [6.45, 7) is 8.72. The highest BCUT2D eigenvalue weighted by molar-refractivity contribution is 4.73. The zero-order valence-electron chi connectivity index (χ0n) is 7.68. The number of rotatable bonds is 2. The number of hydrazine groups is 3. The molecule has 66 valence electrons. The van der Waals surface area contributed by atoms with Crippen molar-refractivity contribution in [2.45, 2.75) is 39.9 Å². The Labute approximate surface area is 68.2 Å². The third-order valence-electron chi connectivity index (χ3n) is 1.89. The quantitative estimate of drug-likeness (QED) is 0.537. The van der Waals surface area contributed by atoms with Crippen LogP contribution in [0.2, 0.25) is 0 Å². The van der Waals surface area contributed by atoms with Gasteiger partial charge in [0.25, 0.3) is 0 Å². The van der Waals surface area contributed by atoms with Crippen LogP contribution in [0.1, 0.15) is 27.7 Å². The van der Waals surface area contributed by atoms with Crippen molar-refractivity contribution in [3.8, 4) is 0 Å². The van der Waals surface area contributed by atoms with Gasteiger partial charge < -0.3 is 0 Å². The summed E-state index contributed by atoms with van der Waals surface area (Å²) in [6.07, 6.45) is 0.384. The summed E-state index contributed by atoms with van der Waals surface area (Å²) < 4.78 is 0. The Morgan fingerprint density at radius 2 is 1.82 bits per heavy atom. The van der Waals surface area contributed by atoms with Crippen LogP contribution in [0.4, 0.5) is 0 Å². The predicted octanol–water partition coefficient (Wildman–Crippen LogP) is 0.206. The van der Waals surface area contributed by atoms with Gasteiger partial charge in [-0.1, -0.05) is 13.8 Å². The normalized spacial score (nSPS) is 27.3. The highest BCUT2D eigenvalue weighted by Gasteiger charge is 2.27. The van der Waals surface area contributed by atoms with Gasteiger partial charge in [0.2, 0.25) is 0 Å². The standard InChI is InChI=1S/C7H18N4/c1-5(2)7-8-9-10-11(7)6(3)4/h5-10H,1-4H3. The molecule has 0 aliphatic carbocycles. The molecular weight excluding hydrogens is 140 g/mol. The van der Waals surface area contributed by atoms with Gasteiger partial charge >= 0.3 is 0 Å². The predicted molar refractivity (Wildman–Crippen MR) is 45.0 cm³/mol. The van der Waals surface area contributed by atoms with E-state index in [1.165, 1.54) is 0 Å². The summed E-state index contributed by atoms with van der Waals surface area (Å²) in [5.41, 5.74) is 9.12. The third-order valence-corrected chi connectivity index (χ3v) is 1.89. The van der Waals surface area contributed by atoms with Crippen molar-refractivity contribution < 1.29 is 0 Å². The second-order valence-electron chi connectivity index (χ2n) is 3.57. The molecule has 1 rings (SSSR count). The lowest BCUT2D eigenvalue weighted by Crippen LogP contribution is -2.47. The van der Waals surface area contributed by atoms with E-state index in [2.05, 4.69) is 49.2 Å². The molecule has 4 nitrogen and oxygen atoms in total. The first kappa shape index (κ1) is 8.93. The molecule has 1 unspecified atom stereocenters. The van der Waals surface area contributed by atoms with Gasteiger partial charge in [-0.2, -0.15) is 11.1 Å². The van der Waals surface area contributed by atoms with Crippen LogP contribution >= 0.6 is 0 Å². The molecule has 3 N–H and O–H groups in total. The molecule has 0 spiro atoms. The van der Waals surface area contributed by atoms with Crippen LogP contribution < -0.4 is 16.5 Å². The molecule has 1 fully saturated rings. The molecule has 11 heavy (non-hydrogen) atoms. The van der Waals surface area contributed by atoms with E-state index in [1.807, 2.05) is 0 Å². The topological polar surface area (TPSA) is 39.3 Å². The fourth-order valence-electron chi connectivity index (χ4n) is 1.25. The number of hydrogen-bond donors (Lipinski definition) is 3. The van der Waals surface area contributed by atoms with Crippen molar-refractivity contribution in [2.24, 2.45) is 5.92 Å². The Kier molecular flexibility index (Phi) is 2.84. The SMILES string of the molecule is CC(C)C1NNNN1C(C)C. The van der Waals surface area contributed by atoms with Crippen LogP contribution in [0.25, 0.3) is 0 Å². The van der Waals surface area contributed by atoms with Gasteiger partial charge in [0.05, 0.1) is 6.17 Å². The third kappa shape index (κ3) is 1.90. The van der Waals surface area contributed by atoms with Crippen molar-refractivity contribution in [3.05, 3.63) is 0 Å². The van der Waals surface area contributed by atoms with Gasteiger partial charge in [0.15, 0.2) is 0 Å². The summed E-state index contributed by atoms with van der Waals surface area (Å²) in [6, 6.07) is 0.505. The summed E-state index contributed by atoms with van der Waals surface area (Å²) in [4.78, 5) is 0. The first-order valence-corrected chi connectivity index (χ1v) is 4.17. The second kappa shape index (κ2) is 3.49. The Bertz CT molecular complexity index is 110. The van der Waals surface area contributed by atoms with Gasteiger partial charge in [0.1, 0.15) is 0 Å². The molecule has 0 aromatic carbocycles. The van der Waals surface area contributed by atoms with Crippen molar-refractivity contribution in [2.75, 3.05) is 0 Å². The van der Waals surface area contributed by atoms with E-state index in [9.17, 15) is 0 Å². The van der Waals surface area contributed by atoms with E-state index in [-0.39, 0.29) is 0 Å². The zero-order chi connectivity index (χ0) is 8.43. The minimum absolute atomic E-state index is 0.384. The summed E-state index contributed by atoms with van der Waals surface area (Å²) in [7, 11) is 0. The van der Waals surface area contributed by atoms with Crippen LogP contribution in [0.15, 0.2) is 0 Å². The smallest absolute Gasteiger partial charge is 0.0913 e. The molecule has 0 bridgehead atoms. The van der Waals surface area contributed by atoms with E-state index in [0.717, 1.165) is 0 Å². The van der Waals surface area contributed by atoms with Gasteiger partial charge in [-0.3, -0.25) is 0 Å². The van der Waals surface area contributed by atoms with Crippen molar-refractivity contribution >= 4 is 0 Å². The maximum absolute atomic E-state index is 3.15. The maximum atomic E-state index is 3.15. The lowest BCUT2D eigenvalue weighted by atomic mass is 10.1. The molecule has 0 amide bonds. The van der Waals surface area contributed by atoms with Gasteiger partial charge in [-0.05, 0) is 19.8 Å². The van der Waals surface area contributed by atoms with Crippen LogP contribution in [0.5, 0.6) is 0 Å². The van der Waals surface area contributed by atoms with Crippen LogP contribution in [0, 0.1) is 5.92 Å². The second-order valence-corrected chi connectivity index (χ2v) is 3.57.